The summed E-state index contributed by atoms with van der Waals surface area (Å²) in [6.07, 6.45) is 0. The Hall–Kier alpha value is -2.09. The van der Waals surface area contributed by atoms with Crippen LogP contribution in [0, 0.1) is 13.8 Å². The van der Waals surface area contributed by atoms with Crippen LogP contribution in [-0.2, 0) is 14.8 Å². The Morgan fingerprint density at radius 1 is 1.19 bits per heavy atom. The van der Waals surface area contributed by atoms with Crippen molar-refractivity contribution < 1.29 is 17.9 Å². The van der Waals surface area contributed by atoms with Crippen molar-refractivity contribution in [3.05, 3.63) is 58.1 Å². The van der Waals surface area contributed by atoms with Gasteiger partial charge in [0.1, 0.15) is 0 Å². The van der Waals surface area contributed by atoms with Gasteiger partial charge in [0, 0.05) is 19.2 Å². The summed E-state index contributed by atoms with van der Waals surface area (Å²) in [6.45, 7) is 4.36. The molecule has 1 amide bonds. The Labute approximate surface area is 158 Å². The first-order chi connectivity index (χ1) is 12.2. The van der Waals surface area contributed by atoms with Gasteiger partial charge in [-0.2, -0.15) is 0 Å². The summed E-state index contributed by atoms with van der Waals surface area (Å²) in [4.78, 5) is 12.1. The summed E-state index contributed by atoms with van der Waals surface area (Å²) < 4.78 is 32.8. The number of carbonyl (C=O) groups is 1. The number of rotatable bonds is 7. The van der Waals surface area contributed by atoms with Crippen molar-refractivity contribution in [2.24, 2.45) is 0 Å². The smallest absolute Gasteiger partial charge is 0.261 e. The van der Waals surface area contributed by atoms with E-state index in [1.165, 1.54) is 25.3 Å². The van der Waals surface area contributed by atoms with Crippen molar-refractivity contribution in [2.75, 3.05) is 25.0 Å². The molecule has 0 aromatic heterocycles. The minimum Gasteiger partial charge on any atom is -0.383 e. The van der Waals surface area contributed by atoms with Crippen LogP contribution in [0.1, 0.15) is 21.5 Å². The summed E-state index contributed by atoms with van der Waals surface area (Å²) in [5.74, 6) is -0.372. The highest BCUT2D eigenvalue weighted by Gasteiger charge is 2.19. The van der Waals surface area contributed by atoms with Gasteiger partial charge < -0.3 is 10.1 Å². The zero-order valence-electron chi connectivity index (χ0n) is 14.8. The second-order valence-electron chi connectivity index (χ2n) is 5.82. The maximum atomic E-state index is 12.7. The van der Waals surface area contributed by atoms with Gasteiger partial charge in [0.15, 0.2) is 0 Å². The number of nitrogens with one attached hydrogen (secondary N) is 2. The van der Waals surface area contributed by atoms with E-state index in [2.05, 4.69) is 10.0 Å². The molecule has 0 saturated heterocycles. The Balaban J connectivity index is 2.27. The Morgan fingerprint density at radius 2 is 1.92 bits per heavy atom. The SMILES string of the molecule is COCCNC(=O)c1cccc(S(=O)(=O)Nc2c(C)cc(C)cc2Cl)c1. The number of hydrogen-bond donors (Lipinski definition) is 2. The summed E-state index contributed by atoms with van der Waals surface area (Å²) in [5, 5.41) is 2.97. The number of benzene rings is 2. The largest absolute Gasteiger partial charge is 0.383 e. The highest BCUT2D eigenvalue weighted by molar-refractivity contribution is 7.92. The number of methoxy groups -OCH3 is 1. The predicted octanol–water partition coefficient (Wildman–Crippen LogP) is 3.13. The number of aryl methyl sites for hydroxylation is 2. The average Bonchev–Trinajstić information content (AvgIpc) is 2.58. The number of ether oxygens (including phenoxy) is 1. The zero-order chi connectivity index (χ0) is 19.3. The first-order valence-electron chi connectivity index (χ1n) is 7.91. The van der Waals surface area contributed by atoms with Gasteiger partial charge in [-0.05, 0) is 49.2 Å². The number of amides is 1. The number of anilines is 1. The van der Waals surface area contributed by atoms with Gasteiger partial charge in [0.2, 0.25) is 0 Å². The molecule has 140 valence electrons. The van der Waals surface area contributed by atoms with Gasteiger partial charge in [0.25, 0.3) is 15.9 Å². The first-order valence-corrected chi connectivity index (χ1v) is 9.77. The van der Waals surface area contributed by atoms with Gasteiger partial charge in [-0.25, -0.2) is 8.42 Å². The molecule has 0 aliphatic rings. The molecule has 0 radical (unpaired) electrons. The summed E-state index contributed by atoms with van der Waals surface area (Å²) >= 11 is 6.18. The van der Waals surface area contributed by atoms with Crippen molar-refractivity contribution in [1.29, 1.82) is 0 Å². The lowest BCUT2D eigenvalue weighted by Crippen LogP contribution is -2.27. The van der Waals surface area contributed by atoms with Crippen LogP contribution in [-0.4, -0.2) is 34.6 Å². The fourth-order valence-corrected chi connectivity index (χ4v) is 4.03. The van der Waals surface area contributed by atoms with Gasteiger partial charge >= 0.3 is 0 Å². The standard InChI is InChI=1S/C18H21ClN2O4S/c1-12-9-13(2)17(16(19)10-12)21-26(23,24)15-6-4-5-14(11-15)18(22)20-7-8-25-3/h4-6,9-11,21H,7-8H2,1-3H3,(H,20,22). The van der Waals surface area contributed by atoms with E-state index in [4.69, 9.17) is 16.3 Å². The lowest BCUT2D eigenvalue weighted by Gasteiger charge is -2.14. The first kappa shape index (κ1) is 20.2. The van der Waals surface area contributed by atoms with E-state index < -0.39 is 10.0 Å². The van der Waals surface area contributed by atoms with Crippen LogP contribution in [0.15, 0.2) is 41.3 Å². The van der Waals surface area contributed by atoms with Crippen molar-refractivity contribution in [3.63, 3.8) is 0 Å². The number of halogens is 1. The molecule has 8 heteroatoms. The van der Waals surface area contributed by atoms with E-state index >= 15 is 0 Å². The second kappa shape index (κ2) is 8.53. The monoisotopic (exact) mass is 396 g/mol. The fraction of sp³-hybridized carbons (Fsp3) is 0.278. The van der Waals surface area contributed by atoms with Crippen molar-refractivity contribution in [1.82, 2.24) is 5.32 Å². The van der Waals surface area contributed by atoms with Crippen LogP contribution in [0.25, 0.3) is 0 Å². The topological polar surface area (TPSA) is 84.5 Å². The van der Waals surface area contributed by atoms with E-state index in [0.29, 0.717) is 29.4 Å². The maximum absolute atomic E-state index is 12.7. The highest BCUT2D eigenvalue weighted by Crippen LogP contribution is 2.29. The number of carbonyl (C=O) groups excluding carboxylic acids is 1. The molecule has 0 unspecified atom stereocenters. The predicted molar refractivity (Wildman–Crippen MR) is 102 cm³/mol. The number of sulfonamides is 1. The molecule has 2 N–H and O–H groups in total. The molecule has 6 nitrogen and oxygen atoms in total. The molecule has 0 fully saturated rings. The molecule has 26 heavy (non-hydrogen) atoms. The lowest BCUT2D eigenvalue weighted by molar-refractivity contribution is 0.0937. The van der Waals surface area contributed by atoms with Crippen LogP contribution in [0.3, 0.4) is 0 Å². The highest BCUT2D eigenvalue weighted by atomic mass is 35.5. The Kier molecular flexibility index (Phi) is 6.63. The molecule has 0 heterocycles. The van der Waals surface area contributed by atoms with Crippen molar-refractivity contribution >= 4 is 33.2 Å². The summed E-state index contributed by atoms with van der Waals surface area (Å²) in [5.41, 5.74) is 2.22. The molecular weight excluding hydrogens is 376 g/mol. The lowest BCUT2D eigenvalue weighted by atomic mass is 10.1. The summed E-state index contributed by atoms with van der Waals surface area (Å²) in [7, 11) is -2.36. The van der Waals surface area contributed by atoms with Gasteiger partial charge in [-0.1, -0.05) is 23.7 Å². The van der Waals surface area contributed by atoms with Crippen LogP contribution in [0.2, 0.25) is 5.02 Å². The van der Waals surface area contributed by atoms with Gasteiger partial charge in [-0.15, -0.1) is 0 Å². The fourth-order valence-electron chi connectivity index (χ4n) is 2.41. The van der Waals surface area contributed by atoms with E-state index in [-0.39, 0.29) is 16.4 Å². The normalized spacial score (nSPS) is 11.2. The van der Waals surface area contributed by atoms with Crippen LogP contribution in [0.5, 0.6) is 0 Å². The maximum Gasteiger partial charge on any atom is 0.261 e. The Bertz CT molecular complexity index is 890. The molecule has 0 spiro atoms. The van der Waals surface area contributed by atoms with Gasteiger partial charge in [0.05, 0.1) is 22.2 Å². The molecule has 2 aromatic carbocycles. The van der Waals surface area contributed by atoms with Crippen LogP contribution < -0.4 is 10.0 Å². The van der Waals surface area contributed by atoms with E-state index in [9.17, 15) is 13.2 Å². The average molecular weight is 397 g/mol. The third-order valence-corrected chi connectivity index (χ3v) is 5.31. The number of hydrogen-bond acceptors (Lipinski definition) is 4. The van der Waals surface area contributed by atoms with Crippen molar-refractivity contribution in [2.45, 2.75) is 18.7 Å². The van der Waals surface area contributed by atoms with Crippen LogP contribution >= 0.6 is 11.6 Å². The molecule has 0 aliphatic heterocycles. The molecule has 2 rings (SSSR count). The molecule has 0 atom stereocenters. The zero-order valence-corrected chi connectivity index (χ0v) is 16.4. The molecule has 0 aliphatic carbocycles. The van der Waals surface area contributed by atoms with E-state index in [1.807, 2.05) is 13.0 Å². The molecule has 0 saturated carbocycles. The Morgan fingerprint density at radius 3 is 2.58 bits per heavy atom. The van der Waals surface area contributed by atoms with Gasteiger partial charge in [-0.3, -0.25) is 9.52 Å². The third-order valence-electron chi connectivity index (χ3n) is 3.67. The molecule has 0 bridgehead atoms. The molecular formula is C18H21ClN2O4S. The second-order valence-corrected chi connectivity index (χ2v) is 7.91. The van der Waals surface area contributed by atoms with E-state index in [0.717, 1.165) is 5.56 Å². The minimum atomic E-state index is -3.89. The molecule has 2 aromatic rings. The minimum absolute atomic E-state index is 0.0204. The van der Waals surface area contributed by atoms with Crippen LogP contribution in [0.4, 0.5) is 5.69 Å². The quantitative estimate of drug-likeness (QED) is 0.704. The summed E-state index contributed by atoms with van der Waals surface area (Å²) in [6, 6.07) is 9.33. The van der Waals surface area contributed by atoms with E-state index in [1.54, 1.807) is 19.1 Å². The third kappa shape index (κ3) is 4.97. The van der Waals surface area contributed by atoms with Crippen molar-refractivity contribution in [3.8, 4) is 0 Å².